The van der Waals surface area contributed by atoms with Gasteiger partial charge in [-0.15, -0.1) is 0 Å². The molecule has 0 spiro atoms. The fourth-order valence-corrected chi connectivity index (χ4v) is 4.49. The number of anilines is 1. The molecule has 0 atom stereocenters. The van der Waals surface area contributed by atoms with Gasteiger partial charge in [0.1, 0.15) is 0 Å². The van der Waals surface area contributed by atoms with E-state index in [2.05, 4.69) is 5.32 Å². The van der Waals surface area contributed by atoms with Gasteiger partial charge in [0, 0.05) is 18.8 Å². The zero-order valence-electron chi connectivity index (χ0n) is 15.7. The number of halogens is 3. The van der Waals surface area contributed by atoms with Crippen LogP contribution < -0.4 is 5.32 Å². The lowest BCUT2D eigenvalue weighted by Gasteiger charge is -2.20. The molecule has 2 aromatic rings. The minimum atomic E-state index is -4.68. The number of amides is 1. The molecular formula is C19H21F3N2O3S. The lowest BCUT2D eigenvalue weighted by Crippen LogP contribution is -2.31. The average Bonchev–Trinajstić information content (AvgIpc) is 2.63. The molecule has 28 heavy (non-hydrogen) atoms. The van der Waals surface area contributed by atoms with Crippen molar-refractivity contribution in [3.05, 3.63) is 59.2 Å². The molecule has 0 heterocycles. The number of carbonyl (C=O) groups is 1. The first-order chi connectivity index (χ1) is 13.0. The topological polar surface area (TPSA) is 66.5 Å². The summed E-state index contributed by atoms with van der Waals surface area (Å²) in [5, 5.41) is 2.36. The van der Waals surface area contributed by atoms with Crippen LogP contribution in [-0.4, -0.2) is 31.7 Å². The van der Waals surface area contributed by atoms with E-state index in [1.54, 1.807) is 20.8 Å². The van der Waals surface area contributed by atoms with Gasteiger partial charge in [-0.1, -0.05) is 32.0 Å². The van der Waals surface area contributed by atoms with E-state index in [1.807, 2.05) is 0 Å². The highest BCUT2D eigenvalue weighted by atomic mass is 32.2. The standard InChI is InChI=1S/C19H21F3N2O3S/c1-4-24(5-2)28(26,27)17-12-14(11-10-13(17)3)23-18(25)15-8-6-7-9-16(15)19(20,21)22/h6-12H,4-5H2,1-3H3,(H,23,25). The number of rotatable bonds is 6. The Morgan fingerprint density at radius 2 is 1.68 bits per heavy atom. The third-order valence-corrected chi connectivity index (χ3v) is 6.44. The molecule has 152 valence electrons. The van der Waals surface area contributed by atoms with Crippen molar-refractivity contribution < 1.29 is 26.4 Å². The molecule has 1 amide bonds. The third kappa shape index (κ3) is 4.53. The van der Waals surface area contributed by atoms with Crippen molar-refractivity contribution in [1.29, 1.82) is 0 Å². The van der Waals surface area contributed by atoms with Crippen molar-refractivity contribution >= 4 is 21.6 Å². The van der Waals surface area contributed by atoms with Crippen molar-refractivity contribution in [3.8, 4) is 0 Å². The molecule has 0 fully saturated rings. The van der Waals surface area contributed by atoms with Crippen molar-refractivity contribution in [2.24, 2.45) is 0 Å². The van der Waals surface area contributed by atoms with Gasteiger partial charge in [-0.3, -0.25) is 4.79 Å². The summed E-state index contributed by atoms with van der Waals surface area (Å²) in [5.41, 5.74) is -1.03. The van der Waals surface area contributed by atoms with E-state index in [-0.39, 0.29) is 23.7 Å². The molecule has 0 bridgehead atoms. The Labute approximate surface area is 162 Å². The van der Waals surface area contributed by atoms with E-state index in [4.69, 9.17) is 0 Å². The summed E-state index contributed by atoms with van der Waals surface area (Å²) in [7, 11) is -3.78. The van der Waals surface area contributed by atoms with Crippen molar-refractivity contribution in [2.45, 2.75) is 31.8 Å². The SMILES string of the molecule is CCN(CC)S(=O)(=O)c1cc(NC(=O)c2ccccc2C(F)(F)F)ccc1C. The minimum absolute atomic E-state index is 0.00175. The van der Waals surface area contributed by atoms with E-state index in [0.29, 0.717) is 5.56 Å². The van der Waals surface area contributed by atoms with Crippen molar-refractivity contribution in [3.63, 3.8) is 0 Å². The smallest absolute Gasteiger partial charge is 0.322 e. The quantitative estimate of drug-likeness (QED) is 0.767. The minimum Gasteiger partial charge on any atom is -0.322 e. The van der Waals surface area contributed by atoms with Crippen LogP contribution in [0.25, 0.3) is 0 Å². The summed E-state index contributed by atoms with van der Waals surface area (Å²) >= 11 is 0. The Morgan fingerprint density at radius 1 is 1.07 bits per heavy atom. The third-order valence-electron chi connectivity index (χ3n) is 4.25. The number of benzene rings is 2. The van der Waals surface area contributed by atoms with Gasteiger partial charge in [-0.25, -0.2) is 8.42 Å². The molecule has 0 aliphatic heterocycles. The van der Waals surface area contributed by atoms with Gasteiger partial charge in [-0.2, -0.15) is 17.5 Å². The van der Waals surface area contributed by atoms with Gasteiger partial charge in [-0.05, 0) is 36.8 Å². The van der Waals surface area contributed by atoms with Crippen LogP contribution in [0.4, 0.5) is 18.9 Å². The number of alkyl halides is 3. The Kier molecular flexibility index (Phi) is 6.51. The lowest BCUT2D eigenvalue weighted by atomic mass is 10.1. The molecule has 5 nitrogen and oxygen atoms in total. The van der Waals surface area contributed by atoms with Gasteiger partial charge >= 0.3 is 6.18 Å². The molecule has 0 radical (unpaired) electrons. The molecule has 0 unspecified atom stereocenters. The molecule has 0 saturated carbocycles. The summed E-state index contributed by atoms with van der Waals surface area (Å²) in [5.74, 6) is -0.969. The van der Waals surface area contributed by atoms with Crippen LogP contribution >= 0.6 is 0 Å². The summed E-state index contributed by atoms with van der Waals surface area (Å²) in [6.45, 7) is 5.56. The monoisotopic (exact) mass is 414 g/mol. The second kappa shape index (κ2) is 8.32. The number of sulfonamides is 1. The van der Waals surface area contributed by atoms with E-state index in [0.717, 1.165) is 12.1 Å². The number of aryl methyl sites for hydroxylation is 1. The van der Waals surface area contributed by atoms with E-state index < -0.39 is 33.2 Å². The van der Waals surface area contributed by atoms with Gasteiger partial charge in [0.05, 0.1) is 16.0 Å². The van der Waals surface area contributed by atoms with Crippen molar-refractivity contribution in [2.75, 3.05) is 18.4 Å². The van der Waals surface area contributed by atoms with E-state index in [9.17, 15) is 26.4 Å². The Hall–Kier alpha value is -2.39. The molecule has 1 N–H and O–H groups in total. The molecule has 2 rings (SSSR count). The maximum atomic E-state index is 13.1. The summed E-state index contributed by atoms with van der Waals surface area (Å²) < 4.78 is 66.2. The highest BCUT2D eigenvalue weighted by molar-refractivity contribution is 7.89. The highest BCUT2D eigenvalue weighted by Gasteiger charge is 2.35. The van der Waals surface area contributed by atoms with Crippen LogP contribution in [0.1, 0.15) is 35.3 Å². The number of nitrogens with zero attached hydrogens (tertiary/aromatic N) is 1. The fourth-order valence-electron chi connectivity index (χ4n) is 2.79. The second-order valence-electron chi connectivity index (χ2n) is 6.07. The Bertz CT molecular complexity index is 969. The van der Waals surface area contributed by atoms with Crippen LogP contribution in [0.2, 0.25) is 0 Å². The van der Waals surface area contributed by atoms with Crippen LogP contribution in [0.3, 0.4) is 0 Å². The largest absolute Gasteiger partial charge is 0.417 e. The van der Waals surface area contributed by atoms with Crippen LogP contribution in [-0.2, 0) is 16.2 Å². The molecule has 9 heteroatoms. The summed E-state index contributed by atoms with van der Waals surface area (Å²) in [4.78, 5) is 12.4. The maximum absolute atomic E-state index is 13.1. The predicted octanol–water partition coefficient (Wildman–Crippen LogP) is 4.30. The van der Waals surface area contributed by atoms with E-state index in [1.165, 1.54) is 34.6 Å². The fraction of sp³-hybridized carbons (Fsp3) is 0.316. The van der Waals surface area contributed by atoms with Gasteiger partial charge in [0.2, 0.25) is 10.0 Å². The van der Waals surface area contributed by atoms with Crippen LogP contribution in [0.15, 0.2) is 47.4 Å². The number of nitrogens with one attached hydrogen (secondary N) is 1. The number of hydrogen-bond donors (Lipinski definition) is 1. The Balaban J connectivity index is 2.41. The van der Waals surface area contributed by atoms with Crippen LogP contribution in [0.5, 0.6) is 0 Å². The molecule has 0 aliphatic rings. The van der Waals surface area contributed by atoms with E-state index >= 15 is 0 Å². The number of carbonyl (C=O) groups excluding carboxylic acids is 1. The van der Waals surface area contributed by atoms with Gasteiger partial charge < -0.3 is 5.32 Å². The average molecular weight is 414 g/mol. The molecule has 0 aromatic heterocycles. The molecular weight excluding hydrogens is 393 g/mol. The predicted molar refractivity (Wildman–Crippen MR) is 101 cm³/mol. The zero-order valence-corrected chi connectivity index (χ0v) is 16.5. The number of hydrogen-bond acceptors (Lipinski definition) is 3. The van der Waals surface area contributed by atoms with Gasteiger partial charge in [0.15, 0.2) is 0 Å². The van der Waals surface area contributed by atoms with Crippen molar-refractivity contribution in [1.82, 2.24) is 4.31 Å². The summed E-state index contributed by atoms with van der Waals surface area (Å²) in [6.07, 6.45) is -4.68. The maximum Gasteiger partial charge on any atom is 0.417 e. The first-order valence-electron chi connectivity index (χ1n) is 8.60. The lowest BCUT2D eigenvalue weighted by molar-refractivity contribution is -0.137. The summed E-state index contributed by atoms with van der Waals surface area (Å²) in [6, 6.07) is 8.62. The molecule has 0 aliphatic carbocycles. The molecule has 2 aromatic carbocycles. The zero-order chi connectivity index (χ0) is 21.1. The van der Waals surface area contributed by atoms with Crippen LogP contribution in [0, 0.1) is 6.92 Å². The van der Waals surface area contributed by atoms with Gasteiger partial charge in [0.25, 0.3) is 5.91 Å². The first kappa shape index (κ1) is 21.9. The first-order valence-corrected chi connectivity index (χ1v) is 10.0. The normalized spacial score (nSPS) is 12.2. The highest BCUT2D eigenvalue weighted by Crippen LogP contribution is 2.32. The molecule has 0 saturated heterocycles. The second-order valence-corrected chi connectivity index (χ2v) is 7.97. The Morgan fingerprint density at radius 3 is 2.25 bits per heavy atom.